The smallest absolute Gasteiger partial charge is 0.244 e. The highest BCUT2D eigenvalue weighted by Gasteiger charge is 2.03. The Morgan fingerprint density at radius 1 is 1.39 bits per heavy atom. The molecule has 1 rings (SSSR count). The molecule has 0 unspecified atom stereocenters. The Morgan fingerprint density at radius 2 is 2.11 bits per heavy atom. The van der Waals surface area contributed by atoms with Crippen LogP contribution in [0.4, 0.5) is 0 Å². The normalized spacial score (nSPS) is 10.3. The van der Waals surface area contributed by atoms with Crippen molar-refractivity contribution >= 4 is 17.8 Å². The second kappa shape index (κ2) is 6.55. The highest BCUT2D eigenvalue weighted by Crippen LogP contribution is 2.13. The molecule has 0 saturated carbocycles. The van der Waals surface area contributed by atoms with Crippen LogP contribution in [0, 0.1) is 6.92 Å². The van der Waals surface area contributed by atoms with Crippen molar-refractivity contribution in [2.75, 3.05) is 6.54 Å². The van der Waals surface area contributed by atoms with Crippen LogP contribution >= 0.6 is 0 Å². The Kier molecular flexibility index (Phi) is 5.06. The molecule has 0 bridgehead atoms. The van der Waals surface area contributed by atoms with Crippen LogP contribution < -0.4 is 5.32 Å². The molecule has 3 nitrogen and oxygen atoms in total. The highest BCUT2D eigenvalue weighted by molar-refractivity contribution is 5.96. The second-order valence-corrected chi connectivity index (χ2v) is 4.00. The fourth-order valence-electron chi connectivity index (χ4n) is 1.53. The molecule has 1 aromatic rings. The number of amides is 1. The van der Waals surface area contributed by atoms with Crippen LogP contribution in [0.2, 0.25) is 0 Å². The van der Waals surface area contributed by atoms with Crippen molar-refractivity contribution < 1.29 is 9.59 Å². The Hall–Kier alpha value is -2.16. The molecule has 0 atom stereocenters. The van der Waals surface area contributed by atoms with Crippen molar-refractivity contribution in [1.82, 2.24) is 5.32 Å². The van der Waals surface area contributed by atoms with E-state index in [1.807, 2.05) is 19.1 Å². The quantitative estimate of drug-likeness (QED) is 0.490. The predicted molar refractivity (Wildman–Crippen MR) is 73.4 cm³/mol. The Bertz CT molecular complexity index is 501. The van der Waals surface area contributed by atoms with Gasteiger partial charge in [0.25, 0.3) is 0 Å². The average Bonchev–Trinajstić information content (AvgIpc) is 2.35. The Balaban J connectivity index is 2.82. The van der Waals surface area contributed by atoms with E-state index in [1.54, 1.807) is 18.2 Å². The minimum Gasteiger partial charge on any atom is -0.349 e. The largest absolute Gasteiger partial charge is 0.349 e. The van der Waals surface area contributed by atoms with Gasteiger partial charge in [-0.25, -0.2) is 0 Å². The number of Topliss-reactive ketones (excluding diaryl/α,β-unsaturated/α-hetero) is 1. The van der Waals surface area contributed by atoms with E-state index >= 15 is 0 Å². The van der Waals surface area contributed by atoms with Crippen LogP contribution in [0.1, 0.15) is 28.4 Å². The van der Waals surface area contributed by atoms with Gasteiger partial charge in [-0.05, 0) is 37.1 Å². The van der Waals surface area contributed by atoms with Gasteiger partial charge in [0.2, 0.25) is 5.91 Å². The van der Waals surface area contributed by atoms with Crippen LogP contribution in [-0.4, -0.2) is 18.2 Å². The molecule has 94 valence electrons. The van der Waals surface area contributed by atoms with E-state index < -0.39 is 0 Å². The van der Waals surface area contributed by atoms with Crippen molar-refractivity contribution in [3.8, 4) is 0 Å². The molecule has 0 aliphatic heterocycles. The first kappa shape index (κ1) is 13.9. The standard InChI is InChI=1S/C15H17NO2/c1-4-9-16-15(18)8-7-13-6-5-11(2)14(10-13)12(3)17/h4-8,10H,1,9H2,2-3H3,(H,16,18)/b8-7+. The van der Waals surface area contributed by atoms with Gasteiger partial charge >= 0.3 is 0 Å². The summed E-state index contributed by atoms with van der Waals surface area (Å²) in [7, 11) is 0. The molecule has 0 radical (unpaired) electrons. The summed E-state index contributed by atoms with van der Waals surface area (Å²) in [5.74, 6) is -0.154. The molecule has 0 fully saturated rings. The molecule has 0 saturated heterocycles. The Morgan fingerprint density at radius 3 is 2.72 bits per heavy atom. The van der Waals surface area contributed by atoms with Crippen molar-refractivity contribution in [1.29, 1.82) is 0 Å². The van der Waals surface area contributed by atoms with E-state index in [-0.39, 0.29) is 11.7 Å². The minimum absolute atomic E-state index is 0.0267. The summed E-state index contributed by atoms with van der Waals surface area (Å²) in [5.41, 5.74) is 2.46. The van der Waals surface area contributed by atoms with E-state index in [4.69, 9.17) is 0 Å². The van der Waals surface area contributed by atoms with E-state index in [9.17, 15) is 9.59 Å². The molecule has 0 aromatic heterocycles. The van der Waals surface area contributed by atoms with Gasteiger partial charge in [-0.1, -0.05) is 18.2 Å². The molecule has 1 amide bonds. The number of rotatable bonds is 5. The van der Waals surface area contributed by atoms with Crippen molar-refractivity contribution in [3.05, 3.63) is 53.6 Å². The van der Waals surface area contributed by atoms with Crippen molar-refractivity contribution in [2.24, 2.45) is 0 Å². The molecule has 0 aliphatic carbocycles. The minimum atomic E-state index is -0.181. The molecule has 3 heteroatoms. The molecule has 18 heavy (non-hydrogen) atoms. The topological polar surface area (TPSA) is 46.2 Å². The molecule has 0 aliphatic rings. The fraction of sp³-hybridized carbons (Fsp3) is 0.200. The molecular weight excluding hydrogens is 226 g/mol. The number of benzene rings is 1. The van der Waals surface area contributed by atoms with Crippen molar-refractivity contribution in [2.45, 2.75) is 13.8 Å². The van der Waals surface area contributed by atoms with Gasteiger partial charge in [0.1, 0.15) is 0 Å². The zero-order valence-electron chi connectivity index (χ0n) is 10.7. The van der Waals surface area contributed by atoms with Crippen LogP contribution in [0.3, 0.4) is 0 Å². The van der Waals surface area contributed by atoms with Gasteiger partial charge in [-0.3, -0.25) is 9.59 Å². The van der Waals surface area contributed by atoms with Gasteiger partial charge in [0.15, 0.2) is 5.78 Å². The first-order valence-corrected chi connectivity index (χ1v) is 5.73. The molecule has 1 N–H and O–H groups in total. The predicted octanol–water partition coefficient (Wildman–Crippen LogP) is 2.51. The third-order valence-electron chi connectivity index (χ3n) is 2.49. The van der Waals surface area contributed by atoms with Gasteiger partial charge in [0, 0.05) is 18.2 Å². The lowest BCUT2D eigenvalue weighted by Gasteiger charge is -2.03. The van der Waals surface area contributed by atoms with E-state index in [1.165, 1.54) is 13.0 Å². The summed E-state index contributed by atoms with van der Waals surface area (Å²) in [6, 6.07) is 5.53. The van der Waals surface area contributed by atoms with Crippen molar-refractivity contribution in [3.63, 3.8) is 0 Å². The fourth-order valence-corrected chi connectivity index (χ4v) is 1.53. The molecule has 1 aromatic carbocycles. The number of aryl methyl sites for hydroxylation is 1. The lowest BCUT2D eigenvalue weighted by atomic mass is 10.0. The third kappa shape index (κ3) is 4.01. The van der Waals surface area contributed by atoms with Crippen LogP contribution in [0.25, 0.3) is 6.08 Å². The van der Waals surface area contributed by atoms with Gasteiger partial charge < -0.3 is 5.32 Å². The van der Waals surface area contributed by atoms with Crippen LogP contribution in [0.5, 0.6) is 0 Å². The SMILES string of the molecule is C=CCNC(=O)/C=C/c1ccc(C)c(C(C)=O)c1. The van der Waals surface area contributed by atoms with Crippen LogP contribution in [0.15, 0.2) is 36.9 Å². The molecular formula is C15H17NO2. The Labute approximate surface area is 107 Å². The maximum atomic E-state index is 11.4. The number of hydrogen-bond donors (Lipinski definition) is 1. The zero-order valence-corrected chi connectivity index (χ0v) is 10.7. The first-order valence-electron chi connectivity index (χ1n) is 5.73. The lowest BCUT2D eigenvalue weighted by molar-refractivity contribution is -0.116. The number of nitrogens with one attached hydrogen (secondary N) is 1. The number of carbonyl (C=O) groups is 2. The molecule has 0 spiro atoms. The molecule has 0 heterocycles. The van der Waals surface area contributed by atoms with E-state index in [2.05, 4.69) is 11.9 Å². The summed E-state index contributed by atoms with van der Waals surface area (Å²) >= 11 is 0. The monoisotopic (exact) mass is 243 g/mol. The average molecular weight is 243 g/mol. The third-order valence-corrected chi connectivity index (χ3v) is 2.49. The van der Waals surface area contributed by atoms with Gasteiger partial charge in [-0.2, -0.15) is 0 Å². The lowest BCUT2D eigenvalue weighted by Crippen LogP contribution is -2.20. The summed E-state index contributed by atoms with van der Waals surface area (Å²) < 4.78 is 0. The highest BCUT2D eigenvalue weighted by atomic mass is 16.1. The van der Waals surface area contributed by atoms with E-state index in [0.717, 1.165) is 11.1 Å². The zero-order chi connectivity index (χ0) is 13.5. The summed E-state index contributed by atoms with van der Waals surface area (Å²) in [6.07, 6.45) is 4.74. The number of carbonyl (C=O) groups excluding carboxylic acids is 2. The maximum Gasteiger partial charge on any atom is 0.244 e. The van der Waals surface area contributed by atoms with Crippen LogP contribution in [-0.2, 0) is 4.79 Å². The second-order valence-electron chi connectivity index (χ2n) is 4.00. The maximum absolute atomic E-state index is 11.4. The summed E-state index contributed by atoms with van der Waals surface area (Å²) in [6.45, 7) is 7.38. The van der Waals surface area contributed by atoms with E-state index in [0.29, 0.717) is 12.1 Å². The number of hydrogen-bond acceptors (Lipinski definition) is 2. The summed E-state index contributed by atoms with van der Waals surface area (Å²) in [4.78, 5) is 22.7. The first-order chi connectivity index (χ1) is 8.54. The number of ketones is 1. The van der Waals surface area contributed by atoms with Gasteiger partial charge in [0.05, 0.1) is 0 Å². The van der Waals surface area contributed by atoms with Gasteiger partial charge in [-0.15, -0.1) is 6.58 Å². The summed E-state index contributed by atoms with van der Waals surface area (Å²) in [5, 5.41) is 2.64.